The molecular formula is C12H16N2O2. The second kappa shape index (κ2) is 4.53. The van der Waals surface area contributed by atoms with Crippen LogP contribution in [0.1, 0.15) is 13.3 Å². The Morgan fingerprint density at radius 3 is 2.88 bits per heavy atom. The fourth-order valence-electron chi connectivity index (χ4n) is 1.85. The van der Waals surface area contributed by atoms with E-state index < -0.39 is 0 Å². The fraction of sp³-hybridized carbons (Fsp3) is 0.417. The van der Waals surface area contributed by atoms with Crippen molar-refractivity contribution in [3.63, 3.8) is 0 Å². The van der Waals surface area contributed by atoms with E-state index in [1.165, 1.54) is 0 Å². The lowest BCUT2D eigenvalue weighted by atomic mass is 10.1. The first-order valence-electron chi connectivity index (χ1n) is 5.44. The highest BCUT2D eigenvalue weighted by atomic mass is 16.5. The van der Waals surface area contributed by atoms with Crippen LogP contribution in [0.25, 0.3) is 0 Å². The minimum atomic E-state index is -0.0605. The summed E-state index contributed by atoms with van der Waals surface area (Å²) in [7, 11) is 0. The normalized spacial score (nSPS) is 24.3. The molecule has 1 heterocycles. The van der Waals surface area contributed by atoms with Gasteiger partial charge in [-0.05, 0) is 25.5 Å². The second-order valence-corrected chi connectivity index (χ2v) is 4.15. The highest BCUT2D eigenvalue weighted by Crippen LogP contribution is 2.23. The number of carbonyl (C=O) groups is 1. The number of para-hydroxylation sites is 2. The van der Waals surface area contributed by atoms with Crippen molar-refractivity contribution in [1.82, 2.24) is 0 Å². The molecule has 3 N–H and O–H groups in total. The molecule has 0 radical (unpaired) electrons. The minimum absolute atomic E-state index is 0.0118. The van der Waals surface area contributed by atoms with Crippen LogP contribution in [0.2, 0.25) is 0 Å². The Labute approximate surface area is 94.8 Å². The first-order chi connectivity index (χ1) is 7.66. The van der Waals surface area contributed by atoms with Gasteiger partial charge in [-0.3, -0.25) is 4.79 Å². The van der Waals surface area contributed by atoms with Gasteiger partial charge < -0.3 is 15.8 Å². The SMILES string of the molecule is CC1CC(C(=O)Nc2ccccc2N)CO1. The number of hydrogen-bond donors (Lipinski definition) is 2. The molecule has 1 aromatic rings. The lowest BCUT2D eigenvalue weighted by Crippen LogP contribution is -2.23. The van der Waals surface area contributed by atoms with E-state index in [-0.39, 0.29) is 17.9 Å². The van der Waals surface area contributed by atoms with E-state index in [9.17, 15) is 4.79 Å². The topological polar surface area (TPSA) is 64.4 Å². The number of nitrogen functional groups attached to an aromatic ring is 1. The third-order valence-corrected chi connectivity index (χ3v) is 2.79. The van der Waals surface area contributed by atoms with Gasteiger partial charge in [0.2, 0.25) is 5.91 Å². The standard InChI is InChI=1S/C12H16N2O2/c1-8-6-9(7-16-8)12(15)14-11-5-3-2-4-10(11)13/h2-5,8-9H,6-7,13H2,1H3,(H,14,15). The molecule has 1 saturated heterocycles. The van der Waals surface area contributed by atoms with Crippen LogP contribution >= 0.6 is 0 Å². The third kappa shape index (κ3) is 2.33. The second-order valence-electron chi connectivity index (χ2n) is 4.15. The van der Waals surface area contributed by atoms with Crippen molar-refractivity contribution in [3.8, 4) is 0 Å². The Balaban J connectivity index is 2.00. The van der Waals surface area contributed by atoms with Crippen LogP contribution in [0.5, 0.6) is 0 Å². The lowest BCUT2D eigenvalue weighted by Gasteiger charge is -2.11. The van der Waals surface area contributed by atoms with E-state index >= 15 is 0 Å². The summed E-state index contributed by atoms with van der Waals surface area (Å²) >= 11 is 0. The zero-order valence-corrected chi connectivity index (χ0v) is 9.27. The molecule has 1 fully saturated rings. The molecule has 0 aromatic heterocycles. The van der Waals surface area contributed by atoms with Crippen molar-refractivity contribution in [2.24, 2.45) is 5.92 Å². The zero-order chi connectivity index (χ0) is 11.5. The number of rotatable bonds is 2. The van der Waals surface area contributed by atoms with Gasteiger partial charge in [0, 0.05) is 0 Å². The summed E-state index contributed by atoms with van der Waals surface area (Å²) in [5.41, 5.74) is 7.01. The number of anilines is 2. The number of amides is 1. The Kier molecular flexibility index (Phi) is 3.10. The van der Waals surface area contributed by atoms with Crippen LogP contribution in [0.15, 0.2) is 24.3 Å². The molecule has 1 amide bonds. The van der Waals surface area contributed by atoms with Crippen molar-refractivity contribution in [2.45, 2.75) is 19.4 Å². The van der Waals surface area contributed by atoms with Gasteiger partial charge in [0.15, 0.2) is 0 Å². The number of nitrogens with one attached hydrogen (secondary N) is 1. The van der Waals surface area contributed by atoms with Crippen LogP contribution in [0, 0.1) is 5.92 Å². The highest BCUT2D eigenvalue weighted by Gasteiger charge is 2.28. The average Bonchev–Trinajstić information content (AvgIpc) is 2.68. The third-order valence-electron chi connectivity index (χ3n) is 2.79. The Bertz CT molecular complexity index is 392. The quantitative estimate of drug-likeness (QED) is 0.744. The van der Waals surface area contributed by atoms with Gasteiger partial charge in [0.25, 0.3) is 0 Å². The molecule has 2 atom stereocenters. The molecule has 0 bridgehead atoms. The van der Waals surface area contributed by atoms with Crippen molar-refractivity contribution < 1.29 is 9.53 Å². The van der Waals surface area contributed by atoms with Crippen molar-refractivity contribution in [3.05, 3.63) is 24.3 Å². The van der Waals surface area contributed by atoms with Gasteiger partial charge in [-0.15, -0.1) is 0 Å². The van der Waals surface area contributed by atoms with Crippen LogP contribution in [0.4, 0.5) is 11.4 Å². The van der Waals surface area contributed by atoms with E-state index in [4.69, 9.17) is 10.5 Å². The molecule has 0 spiro atoms. The predicted octanol–water partition coefficient (Wildman–Crippen LogP) is 1.63. The van der Waals surface area contributed by atoms with E-state index in [2.05, 4.69) is 5.32 Å². The highest BCUT2D eigenvalue weighted by molar-refractivity contribution is 5.95. The van der Waals surface area contributed by atoms with E-state index in [1.807, 2.05) is 19.1 Å². The van der Waals surface area contributed by atoms with Gasteiger partial charge in [-0.25, -0.2) is 0 Å². The van der Waals surface area contributed by atoms with Crippen LogP contribution in [0.3, 0.4) is 0 Å². The molecule has 4 heteroatoms. The largest absolute Gasteiger partial charge is 0.397 e. The Morgan fingerprint density at radius 2 is 2.25 bits per heavy atom. The maximum absolute atomic E-state index is 11.9. The molecule has 1 aliphatic heterocycles. The summed E-state index contributed by atoms with van der Waals surface area (Å²) in [5.74, 6) is -0.0724. The van der Waals surface area contributed by atoms with Gasteiger partial charge in [0.1, 0.15) is 0 Å². The minimum Gasteiger partial charge on any atom is -0.397 e. The van der Waals surface area contributed by atoms with Gasteiger partial charge in [-0.1, -0.05) is 12.1 Å². The summed E-state index contributed by atoms with van der Waals surface area (Å²) in [4.78, 5) is 11.9. The smallest absolute Gasteiger partial charge is 0.229 e. The molecular weight excluding hydrogens is 204 g/mol. The van der Waals surface area contributed by atoms with E-state index in [0.717, 1.165) is 6.42 Å². The Hall–Kier alpha value is -1.55. The zero-order valence-electron chi connectivity index (χ0n) is 9.27. The van der Waals surface area contributed by atoms with Gasteiger partial charge >= 0.3 is 0 Å². The number of hydrogen-bond acceptors (Lipinski definition) is 3. The molecule has 1 aliphatic rings. The maximum atomic E-state index is 11.9. The first kappa shape index (κ1) is 11.0. The lowest BCUT2D eigenvalue weighted by molar-refractivity contribution is -0.119. The molecule has 2 unspecified atom stereocenters. The van der Waals surface area contributed by atoms with Crippen LogP contribution in [-0.2, 0) is 9.53 Å². The molecule has 1 aromatic carbocycles. The summed E-state index contributed by atoms with van der Waals surface area (Å²) in [6, 6.07) is 7.25. The summed E-state index contributed by atoms with van der Waals surface area (Å²) in [5, 5.41) is 2.83. The number of ether oxygens (including phenoxy) is 1. The average molecular weight is 220 g/mol. The Morgan fingerprint density at radius 1 is 1.50 bits per heavy atom. The summed E-state index contributed by atoms with van der Waals surface area (Å²) in [6.45, 7) is 2.48. The summed E-state index contributed by atoms with van der Waals surface area (Å²) < 4.78 is 5.36. The van der Waals surface area contributed by atoms with E-state index in [0.29, 0.717) is 18.0 Å². The van der Waals surface area contributed by atoms with Crippen LogP contribution < -0.4 is 11.1 Å². The molecule has 86 valence electrons. The van der Waals surface area contributed by atoms with Crippen molar-refractivity contribution in [1.29, 1.82) is 0 Å². The fourth-order valence-corrected chi connectivity index (χ4v) is 1.85. The molecule has 0 aliphatic carbocycles. The molecule has 16 heavy (non-hydrogen) atoms. The predicted molar refractivity (Wildman–Crippen MR) is 63.0 cm³/mol. The molecule has 2 rings (SSSR count). The first-order valence-corrected chi connectivity index (χ1v) is 5.44. The molecule has 0 saturated carbocycles. The maximum Gasteiger partial charge on any atom is 0.229 e. The monoisotopic (exact) mass is 220 g/mol. The van der Waals surface area contributed by atoms with Gasteiger partial charge in [0.05, 0.1) is 30.0 Å². The number of nitrogens with two attached hydrogens (primary N) is 1. The van der Waals surface area contributed by atoms with Crippen molar-refractivity contribution in [2.75, 3.05) is 17.7 Å². The molecule has 4 nitrogen and oxygen atoms in total. The van der Waals surface area contributed by atoms with Crippen molar-refractivity contribution >= 4 is 17.3 Å². The van der Waals surface area contributed by atoms with E-state index in [1.54, 1.807) is 12.1 Å². The summed E-state index contributed by atoms with van der Waals surface area (Å²) in [6.07, 6.45) is 0.947. The van der Waals surface area contributed by atoms with Gasteiger partial charge in [-0.2, -0.15) is 0 Å². The number of carbonyl (C=O) groups excluding carboxylic acids is 1. The van der Waals surface area contributed by atoms with Crippen LogP contribution in [-0.4, -0.2) is 18.6 Å². The number of benzene rings is 1.